The van der Waals surface area contributed by atoms with Gasteiger partial charge in [0.05, 0.1) is 15.6 Å². The average Bonchev–Trinajstić information content (AvgIpc) is 3.20. The maximum Gasteiger partial charge on any atom is 0.321 e. The number of sulfonamides is 1. The highest BCUT2D eigenvalue weighted by Crippen LogP contribution is 2.36. The Morgan fingerprint density at radius 2 is 1.84 bits per heavy atom. The van der Waals surface area contributed by atoms with E-state index in [4.69, 9.17) is 34.8 Å². The molecule has 1 aliphatic rings. The Morgan fingerprint density at radius 3 is 2.50 bits per heavy atom. The van der Waals surface area contributed by atoms with Crippen LogP contribution in [0, 0.1) is 0 Å². The molecule has 0 spiro atoms. The summed E-state index contributed by atoms with van der Waals surface area (Å²) in [5.41, 5.74) is 0.293. The molecule has 0 bridgehead atoms. The topological polar surface area (TPSA) is 77.9 Å². The van der Waals surface area contributed by atoms with E-state index in [0.29, 0.717) is 46.7 Å². The quantitative estimate of drug-likeness (QED) is 0.457. The number of hydrogen-bond acceptors (Lipinski definition) is 5. The third-order valence-electron chi connectivity index (χ3n) is 5.24. The summed E-state index contributed by atoms with van der Waals surface area (Å²) in [7, 11) is -3.96. The van der Waals surface area contributed by atoms with Gasteiger partial charge >= 0.3 is 5.97 Å². The highest BCUT2D eigenvalue weighted by atomic mass is 35.5. The summed E-state index contributed by atoms with van der Waals surface area (Å²) in [5.74, 6) is 0.374. The lowest BCUT2D eigenvalue weighted by Crippen LogP contribution is -2.41. The minimum absolute atomic E-state index is 0.0895. The van der Waals surface area contributed by atoms with Gasteiger partial charge in [-0.05, 0) is 68.8 Å². The van der Waals surface area contributed by atoms with Crippen molar-refractivity contribution in [3.8, 4) is 0 Å². The van der Waals surface area contributed by atoms with E-state index < -0.39 is 28.1 Å². The number of halogens is 3. The predicted octanol–water partition coefficient (Wildman–Crippen LogP) is 5.47. The number of anilines is 1. The molecule has 0 amide bonds. The molecule has 0 aliphatic carbocycles. The normalized spacial score (nSPS) is 17.9. The predicted molar refractivity (Wildman–Crippen MR) is 132 cm³/mol. The van der Waals surface area contributed by atoms with Crippen molar-refractivity contribution < 1.29 is 18.3 Å². The number of carboxylic acids is 1. The molecule has 2 aromatic rings. The van der Waals surface area contributed by atoms with Gasteiger partial charge in [-0.15, -0.1) is 11.8 Å². The van der Waals surface area contributed by atoms with Crippen LogP contribution < -0.4 is 4.31 Å². The number of carbonyl (C=O) groups is 1. The zero-order valence-electron chi connectivity index (χ0n) is 17.2. The molecule has 3 rings (SSSR count). The van der Waals surface area contributed by atoms with E-state index in [2.05, 4.69) is 0 Å². The molecular formula is C21H23Cl3N2O4S2. The lowest BCUT2D eigenvalue weighted by Gasteiger charge is -2.32. The van der Waals surface area contributed by atoms with Gasteiger partial charge in [0.15, 0.2) is 0 Å². The summed E-state index contributed by atoms with van der Waals surface area (Å²) in [6.45, 7) is 2.37. The number of benzene rings is 2. The van der Waals surface area contributed by atoms with E-state index in [1.165, 1.54) is 34.6 Å². The van der Waals surface area contributed by atoms with E-state index >= 15 is 0 Å². The molecule has 1 fully saturated rings. The van der Waals surface area contributed by atoms with Crippen molar-refractivity contribution in [2.45, 2.75) is 36.7 Å². The lowest BCUT2D eigenvalue weighted by atomic mass is 10.1. The number of carboxylic acid groups (broad SMARTS) is 1. The molecule has 1 heterocycles. The largest absolute Gasteiger partial charge is 0.480 e. The van der Waals surface area contributed by atoms with E-state index in [1.54, 1.807) is 30.8 Å². The number of nitrogens with zero attached hydrogens (tertiary/aromatic N) is 2. The van der Waals surface area contributed by atoms with Gasteiger partial charge in [-0.1, -0.05) is 34.8 Å². The van der Waals surface area contributed by atoms with Gasteiger partial charge in [-0.3, -0.25) is 14.0 Å². The van der Waals surface area contributed by atoms with Gasteiger partial charge in [0.1, 0.15) is 6.04 Å². The Morgan fingerprint density at radius 1 is 1.19 bits per heavy atom. The van der Waals surface area contributed by atoms with Crippen molar-refractivity contribution in [2.75, 3.05) is 22.5 Å². The van der Waals surface area contributed by atoms with E-state index in [9.17, 15) is 18.3 Å². The van der Waals surface area contributed by atoms with Gasteiger partial charge in [-0.25, -0.2) is 8.42 Å². The van der Waals surface area contributed by atoms with E-state index in [1.807, 2.05) is 4.90 Å². The van der Waals surface area contributed by atoms with E-state index in [0.717, 1.165) is 0 Å². The fourth-order valence-corrected chi connectivity index (χ4v) is 7.08. The first-order valence-corrected chi connectivity index (χ1v) is 13.6. The summed E-state index contributed by atoms with van der Waals surface area (Å²) in [4.78, 5) is 13.4. The van der Waals surface area contributed by atoms with Crippen molar-refractivity contribution in [1.29, 1.82) is 0 Å². The minimum Gasteiger partial charge on any atom is -0.480 e. The Hall–Kier alpha value is -1.16. The first kappa shape index (κ1) is 25.5. The van der Waals surface area contributed by atoms with E-state index in [-0.39, 0.29) is 9.92 Å². The van der Waals surface area contributed by atoms with Crippen LogP contribution in [-0.2, 0) is 14.8 Å². The second-order valence-corrected chi connectivity index (χ2v) is 11.6. The summed E-state index contributed by atoms with van der Waals surface area (Å²) >= 11 is 20.1. The van der Waals surface area contributed by atoms with Gasteiger partial charge in [0.2, 0.25) is 0 Å². The van der Waals surface area contributed by atoms with Crippen LogP contribution in [-0.4, -0.2) is 54.7 Å². The third kappa shape index (κ3) is 5.85. The summed E-state index contributed by atoms with van der Waals surface area (Å²) in [6, 6.07) is 9.69. The van der Waals surface area contributed by atoms with Crippen LogP contribution in [0.15, 0.2) is 47.4 Å². The van der Waals surface area contributed by atoms with Crippen molar-refractivity contribution in [3.05, 3.63) is 57.5 Å². The maximum absolute atomic E-state index is 13.6. The minimum atomic E-state index is -3.96. The highest BCUT2D eigenvalue weighted by Gasteiger charge is 2.33. The molecule has 0 radical (unpaired) electrons. The zero-order chi connectivity index (χ0) is 23.5. The molecule has 6 nitrogen and oxygen atoms in total. The Bertz CT molecular complexity index is 1070. The first-order chi connectivity index (χ1) is 15.1. The molecular weight excluding hydrogens is 515 g/mol. The van der Waals surface area contributed by atoms with Crippen LogP contribution in [0.3, 0.4) is 0 Å². The fourth-order valence-electron chi connectivity index (χ4n) is 3.61. The van der Waals surface area contributed by atoms with Crippen molar-refractivity contribution >= 4 is 68.2 Å². The van der Waals surface area contributed by atoms with Gasteiger partial charge in [-0.2, -0.15) is 0 Å². The smallest absolute Gasteiger partial charge is 0.321 e. The third-order valence-corrected chi connectivity index (χ3v) is 9.06. The molecule has 1 saturated heterocycles. The Balaban J connectivity index is 1.86. The Labute approximate surface area is 207 Å². The van der Waals surface area contributed by atoms with Crippen LogP contribution in [0.5, 0.6) is 0 Å². The van der Waals surface area contributed by atoms with Crippen molar-refractivity contribution in [2.24, 2.45) is 0 Å². The van der Waals surface area contributed by atoms with Crippen LogP contribution in [0.2, 0.25) is 15.1 Å². The highest BCUT2D eigenvalue weighted by molar-refractivity contribution is 7.99. The molecule has 174 valence electrons. The number of thioether (sulfide) groups is 1. The monoisotopic (exact) mass is 536 g/mol. The van der Waals surface area contributed by atoms with Gasteiger partial charge < -0.3 is 5.11 Å². The molecule has 11 heteroatoms. The molecule has 1 N–H and O–H groups in total. The van der Waals surface area contributed by atoms with Crippen molar-refractivity contribution in [1.82, 2.24) is 4.90 Å². The number of rotatable bonds is 9. The Kier molecular flexibility index (Phi) is 8.63. The molecule has 0 aromatic heterocycles. The average molecular weight is 538 g/mol. The SMILES string of the molecule is C[C@H](CCCN1CSCC1C(=O)O)N(c1cc(Cl)ccc1Cl)S(=O)(=O)c1ccc(Cl)cc1. The molecule has 32 heavy (non-hydrogen) atoms. The molecule has 1 unspecified atom stereocenters. The van der Waals surface area contributed by atoms with Crippen LogP contribution >= 0.6 is 46.6 Å². The molecule has 0 saturated carbocycles. The fraction of sp³-hybridized carbons (Fsp3) is 0.381. The summed E-state index contributed by atoms with van der Waals surface area (Å²) in [5, 5.41) is 10.4. The number of aliphatic carboxylic acids is 1. The second kappa shape index (κ2) is 10.8. The molecule has 2 aromatic carbocycles. The number of hydrogen-bond donors (Lipinski definition) is 1. The van der Waals surface area contributed by atoms with Gasteiger partial charge in [0, 0.05) is 27.7 Å². The standard InChI is InChI=1S/C21H23Cl3N2O4S2/c1-14(3-2-10-25-13-31-12-20(25)21(27)28)26(19-11-16(23)6-9-18(19)24)32(29,30)17-7-4-15(22)5-8-17/h4-9,11,14,20H,2-3,10,12-13H2,1H3,(H,27,28)/t14-,20?/m1/s1. The second-order valence-electron chi connectivity index (χ2n) is 7.51. The van der Waals surface area contributed by atoms with Crippen LogP contribution in [0.1, 0.15) is 19.8 Å². The molecule has 1 aliphatic heterocycles. The first-order valence-electron chi connectivity index (χ1n) is 9.91. The van der Waals surface area contributed by atoms with Crippen molar-refractivity contribution in [3.63, 3.8) is 0 Å². The van der Waals surface area contributed by atoms with Gasteiger partial charge in [0.25, 0.3) is 10.0 Å². The summed E-state index contributed by atoms with van der Waals surface area (Å²) in [6.07, 6.45) is 1.12. The van der Waals surface area contributed by atoms with Crippen LogP contribution in [0.4, 0.5) is 5.69 Å². The summed E-state index contributed by atoms with van der Waals surface area (Å²) < 4.78 is 28.5. The lowest BCUT2D eigenvalue weighted by molar-refractivity contribution is -0.141. The zero-order valence-corrected chi connectivity index (χ0v) is 21.1. The maximum atomic E-state index is 13.6. The van der Waals surface area contributed by atoms with Crippen LogP contribution in [0.25, 0.3) is 0 Å². The molecule has 2 atom stereocenters.